The summed E-state index contributed by atoms with van der Waals surface area (Å²) in [5.41, 5.74) is 2.05. The normalized spacial score (nSPS) is 12.8. The van der Waals surface area contributed by atoms with Crippen molar-refractivity contribution in [2.45, 2.75) is 51.6 Å². The van der Waals surface area contributed by atoms with Crippen LogP contribution in [-0.4, -0.2) is 34.6 Å². The third-order valence-corrected chi connectivity index (χ3v) is 6.57. The van der Waals surface area contributed by atoms with Crippen LogP contribution in [0.1, 0.15) is 38.3 Å². The molecule has 0 aliphatic heterocycles. The van der Waals surface area contributed by atoms with Gasteiger partial charge in [-0.2, -0.15) is 0 Å². The Hall–Kier alpha value is -1.50. The van der Waals surface area contributed by atoms with Gasteiger partial charge in [0, 0.05) is 27.8 Å². The molecule has 0 aromatic heterocycles. The van der Waals surface area contributed by atoms with E-state index in [1.54, 1.807) is 29.7 Å². The van der Waals surface area contributed by atoms with E-state index in [9.17, 15) is 9.59 Å². The van der Waals surface area contributed by atoms with Crippen molar-refractivity contribution in [1.82, 2.24) is 10.2 Å². The minimum absolute atomic E-state index is 0.0647. The highest BCUT2D eigenvalue weighted by molar-refractivity contribution is 9.10. The van der Waals surface area contributed by atoms with E-state index in [1.807, 2.05) is 56.3 Å². The molecule has 0 heterocycles. The molecule has 0 saturated carbocycles. The van der Waals surface area contributed by atoms with Gasteiger partial charge in [-0.3, -0.25) is 9.59 Å². The van der Waals surface area contributed by atoms with Crippen molar-refractivity contribution in [3.05, 3.63) is 69.2 Å². The first kappa shape index (κ1) is 24.8. The minimum atomic E-state index is -0.571. The third-order valence-electron chi connectivity index (χ3n) is 4.82. The first-order valence-electron chi connectivity index (χ1n) is 9.96. The van der Waals surface area contributed by atoms with Crippen molar-refractivity contribution in [3.63, 3.8) is 0 Å². The second kappa shape index (κ2) is 12.4. The van der Waals surface area contributed by atoms with Gasteiger partial charge in [0.2, 0.25) is 11.8 Å². The molecule has 0 bridgehead atoms. The first-order chi connectivity index (χ1) is 14.3. The van der Waals surface area contributed by atoms with Crippen LogP contribution < -0.4 is 5.32 Å². The summed E-state index contributed by atoms with van der Waals surface area (Å²) in [6.07, 6.45) is 0.837. The molecule has 2 atom stereocenters. The lowest BCUT2D eigenvalue weighted by molar-refractivity contribution is -0.138. The lowest BCUT2D eigenvalue weighted by Crippen LogP contribution is -2.50. The fraction of sp³-hybridized carbons (Fsp3) is 0.391. The van der Waals surface area contributed by atoms with Crippen LogP contribution in [0.25, 0.3) is 0 Å². The summed E-state index contributed by atoms with van der Waals surface area (Å²) in [5, 5.41) is 3.59. The number of carbonyl (C=O) groups is 2. The summed E-state index contributed by atoms with van der Waals surface area (Å²) in [7, 11) is 0. The monoisotopic (exact) mass is 510 g/mol. The number of nitrogens with zero attached hydrogens (tertiary/aromatic N) is 1. The summed E-state index contributed by atoms with van der Waals surface area (Å²) in [4.78, 5) is 27.4. The van der Waals surface area contributed by atoms with Crippen LogP contribution in [0.2, 0.25) is 5.02 Å². The van der Waals surface area contributed by atoms with Crippen LogP contribution in [0.15, 0.2) is 53.0 Å². The zero-order valence-corrected chi connectivity index (χ0v) is 20.7. The number of amides is 2. The molecule has 1 N–H and O–H groups in total. The Morgan fingerprint density at radius 1 is 1.13 bits per heavy atom. The Labute approximate surface area is 196 Å². The zero-order valence-electron chi connectivity index (χ0n) is 17.5. The third kappa shape index (κ3) is 7.97. The standard InChI is InChI=1S/C23H28BrClN2O2S/c1-4-16(2)26-23(29)17(3)27(13-19-6-5-7-21(25)12-19)22(28)15-30-14-18-8-10-20(24)11-9-18/h5-12,16-17H,4,13-15H2,1-3H3,(H,26,29)/t16-,17-/m0/s1. The van der Waals surface area contributed by atoms with Crippen LogP contribution >= 0.6 is 39.3 Å². The van der Waals surface area contributed by atoms with Gasteiger partial charge in [0.25, 0.3) is 0 Å². The predicted molar refractivity (Wildman–Crippen MR) is 130 cm³/mol. The zero-order chi connectivity index (χ0) is 22.1. The van der Waals surface area contributed by atoms with E-state index in [0.717, 1.165) is 27.8 Å². The van der Waals surface area contributed by atoms with Crippen molar-refractivity contribution < 1.29 is 9.59 Å². The molecule has 4 nitrogen and oxygen atoms in total. The predicted octanol–water partition coefficient (Wildman–Crippen LogP) is 5.67. The quantitative estimate of drug-likeness (QED) is 0.447. The number of carbonyl (C=O) groups excluding carboxylic acids is 2. The van der Waals surface area contributed by atoms with Gasteiger partial charge >= 0.3 is 0 Å². The van der Waals surface area contributed by atoms with E-state index >= 15 is 0 Å². The molecule has 2 rings (SSSR count). The molecule has 7 heteroatoms. The molecule has 0 fully saturated rings. The van der Waals surface area contributed by atoms with Gasteiger partial charge in [0.1, 0.15) is 6.04 Å². The molecule has 0 aliphatic carbocycles. The summed E-state index contributed by atoms with van der Waals surface area (Å²) >= 11 is 11.1. The Morgan fingerprint density at radius 2 is 1.83 bits per heavy atom. The van der Waals surface area contributed by atoms with Gasteiger partial charge in [-0.05, 0) is 55.7 Å². The average Bonchev–Trinajstić information content (AvgIpc) is 2.72. The van der Waals surface area contributed by atoms with E-state index < -0.39 is 6.04 Å². The Balaban J connectivity index is 2.07. The van der Waals surface area contributed by atoms with Crippen LogP contribution in [0.5, 0.6) is 0 Å². The highest BCUT2D eigenvalue weighted by Gasteiger charge is 2.26. The second-order valence-electron chi connectivity index (χ2n) is 7.26. The maximum atomic E-state index is 13.1. The second-order valence-corrected chi connectivity index (χ2v) is 9.60. The van der Waals surface area contributed by atoms with Gasteiger partial charge in [-0.25, -0.2) is 0 Å². The molecular weight excluding hydrogens is 484 g/mol. The van der Waals surface area contributed by atoms with E-state index in [-0.39, 0.29) is 17.9 Å². The average molecular weight is 512 g/mol. The van der Waals surface area contributed by atoms with Crippen molar-refractivity contribution >= 4 is 51.1 Å². The highest BCUT2D eigenvalue weighted by Crippen LogP contribution is 2.19. The molecule has 162 valence electrons. The van der Waals surface area contributed by atoms with Crippen LogP contribution in [0.3, 0.4) is 0 Å². The summed E-state index contributed by atoms with van der Waals surface area (Å²) < 4.78 is 1.03. The molecule has 2 aromatic carbocycles. The number of benzene rings is 2. The number of nitrogens with one attached hydrogen (secondary N) is 1. The minimum Gasteiger partial charge on any atom is -0.352 e. The Kier molecular flexibility index (Phi) is 10.2. The number of hydrogen-bond acceptors (Lipinski definition) is 3. The van der Waals surface area contributed by atoms with Gasteiger partial charge in [-0.1, -0.05) is 58.7 Å². The lowest BCUT2D eigenvalue weighted by atomic mass is 10.1. The van der Waals surface area contributed by atoms with Crippen molar-refractivity contribution in [2.75, 3.05) is 5.75 Å². The van der Waals surface area contributed by atoms with E-state index in [1.165, 1.54) is 0 Å². The van der Waals surface area contributed by atoms with Crippen molar-refractivity contribution in [3.8, 4) is 0 Å². The smallest absolute Gasteiger partial charge is 0.242 e. The number of hydrogen-bond donors (Lipinski definition) is 1. The maximum Gasteiger partial charge on any atom is 0.242 e. The van der Waals surface area contributed by atoms with E-state index in [2.05, 4.69) is 21.2 Å². The van der Waals surface area contributed by atoms with Gasteiger partial charge in [0.05, 0.1) is 5.75 Å². The maximum absolute atomic E-state index is 13.1. The molecule has 0 radical (unpaired) electrons. The Bertz CT molecular complexity index is 847. The fourth-order valence-electron chi connectivity index (χ4n) is 2.80. The largest absolute Gasteiger partial charge is 0.352 e. The summed E-state index contributed by atoms with van der Waals surface area (Å²) in [6.45, 7) is 6.10. The van der Waals surface area contributed by atoms with Crippen LogP contribution in [0.4, 0.5) is 0 Å². The molecular formula is C23H28BrClN2O2S. The van der Waals surface area contributed by atoms with Crippen LogP contribution in [-0.2, 0) is 21.9 Å². The molecule has 0 unspecified atom stereocenters. The number of rotatable bonds is 10. The first-order valence-corrected chi connectivity index (χ1v) is 12.3. The van der Waals surface area contributed by atoms with E-state index in [4.69, 9.17) is 11.6 Å². The SMILES string of the molecule is CC[C@H](C)NC(=O)[C@H](C)N(Cc1cccc(Cl)c1)C(=O)CSCc1ccc(Br)cc1. The van der Waals surface area contributed by atoms with Crippen LogP contribution in [0, 0.1) is 0 Å². The summed E-state index contributed by atoms with van der Waals surface area (Å²) in [6, 6.07) is 14.9. The lowest BCUT2D eigenvalue weighted by Gasteiger charge is -2.29. The summed E-state index contributed by atoms with van der Waals surface area (Å²) in [5.74, 6) is 0.830. The Morgan fingerprint density at radius 3 is 2.47 bits per heavy atom. The van der Waals surface area contributed by atoms with Crippen molar-refractivity contribution in [1.29, 1.82) is 0 Å². The molecule has 2 amide bonds. The molecule has 2 aromatic rings. The molecule has 0 saturated heterocycles. The topological polar surface area (TPSA) is 49.4 Å². The van der Waals surface area contributed by atoms with Gasteiger partial charge in [-0.15, -0.1) is 11.8 Å². The van der Waals surface area contributed by atoms with Gasteiger partial charge < -0.3 is 10.2 Å². The fourth-order valence-corrected chi connectivity index (χ4v) is 4.15. The molecule has 0 spiro atoms. The molecule has 0 aliphatic rings. The van der Waals surface area contributed by atoms with Crippen molar-refractivity contribution in [2.24, 2.45) is 0 Å². The number of halogens is 2. The highest BCUT2D eigenvalue weighted by atomic mass is 79.9. The molecule has 30 heavy (non-hydrogen) atoms. The van der Waals surface area contributed by atoms with Gasteiger partial charge in [0.15, 0.2) is 0 Å². The number of thioether (sulfide) groups is 1. The van der Waals surface area contributed by atoms with E-state index in [0.29, 0.717) is 17.3 Å².